The van der Waals surface area contributed by atoms with Crippen molar-refractivity contribution < 1.29 is 23.8 Å². The normalized spacial score (nSPS) is 10.2. The maximum absolute atomic E-state index is 11.9. The number of halogens is 3. The van der Waals surface area contributed by atoms with Crippen molar-refractivity contribution in [3.8, 4) is 11.5 Å². The summed E-state index contributed by atoms with van der Waals surface area (Å²) in [7, 11) is 1.57. The molecule has 0 aromatic heterocycles. The van der Waals surface area contributed by atoms with Gasteiger partial charge in [-0.1, -0.05) is 34.8 Å². The molecule has 0 unspecified atom stereocenters. The molecule has 0 heterocycles. The van der Waals surface area contributed by atoms with Crippen molar-refractivity contribution in [2.24, 2.45) is 0 Å². The summed E-state index contributed by atoms with van der Waals surface area (Å²) in [6.45, 7) is -0.344. The monoisotopic (exact) mass is 431 g/mol. The molecule has 1 amide bonds. The van der Waals surface area contributed by atoms with Gasteiger partial charge in [-0.25, -0.2) is 0 Å². The fourth-order valence-electron chi connectivity index (χ4n) is 1.95. The van der Waals surface area contributed by atoms with Gasteiger partial charge in [0, 0.05) is 0 Å². The Labute approximate surface area is 171 Å². The minimum Gasteiger partial charge on any atom is -0.497 e. The standard InChI is InChI=1S/C18H16Cl3NO5/c1-25-11-2-4-12(5-3-11)26-7-6-18(24)27-10-17(23)22-16-9-14(20)13(19)8-15(16)21/h2-5,8-9H,6-7,10H2,1H3,(H,22,23). The van der Waals surface area contributed by atoms with Gasteiger partial charge < -0.3 is 19.5 Å². The van der Waals surface area contributed by atoms with Crippen LogP contribution in [0.4, 0.5) is 5.69 Å². The van der Waals surface area contributed by atoms with Crippen LogP contribution in [0, 0.1) is 0 Å². The van der Waals surface area contributed by atoms with E-state index in [1.54, 1.807) is 31.4 Å². The number of benzene rings is 2. The Morgan fingerprint density at radius 3 is 2.26 bits per heavy atom. The Bertz CT molecular complexity index is 811. The predicted octanol–water partition coefficient (Wildman–Crippen LogP) is 4.61. The van der Waals surface area contributed by atoms with Crippen molar-refractivity contribution >= 4 is 52.4 Å². The summed E-state index contributed by atoms with van der Waals surface area (Å²) in [5, 5.41) is 3.22. The number of hydrogen-bond acceptors (Lipinski definition) is 5. The summed E-state index contributed by atoms with van der Waals surface area (Å²) in [5.41, 5.74) is 0.273. The number of nitrogens with one attached hydrogen (secondary N) is 1. The number of carbonyl (C=O) groups excluding carboxylic acids is 2. The second kappa shape index (κ2) is 10.3. The molecule has 0 bridgehead atoms. The lowest BCUT2D eigenvalue weighted by molar-refractivity contribution is -0.147. The van der Waals surface area contributed by atoms with E-state index in [4.69, 9.17) is 49.0 Å². The molecule has 0 radical (unpaired) electrons. The van der Waals surface area contributed by atoms with Crippen molar-refractivity contribution in [3.05, 3.63) is 51.5 Å². The third kappa shape index (κ3) is 6.82. The van der Waals surface area contributed by atoms with Crippen molar-refractivity contribution in [1.29, 1.82) is 0 Å². The zero-order chi connectivity index (χ0) is 19.8. The zero-order valence-electron chi connectivity index (χ0n) is 14.3. The van der Waals surface area contributed by atoms with Gasteiger partial charge >= 0.3 is 5.97 Å². The smallest absolute Gasteiger partial charge is 0.309 e. The van der Waals surface area contributed by atoms with Gasteiger partial charge in [0.2, 0.25) is 0 Å². The molecule has 0 aliphatic carbocycles. The lowest BCUT2D eigenvalue weighted by Crippen LogP contribution is -2.21. The number of esters is 1. The molecule has 9 heteroatoms. The molecule has 2 aromatic rings. The molecule has 27 heavy (non-hydrogen) atoms. The molecule has 0 aliphatic rings. The molecule has 1 N–H and O–H groups in total. The fraction of sp³-hybridized carbons (Fsp3) is 0.222. The van der Waals surface area contributed by atoms with Gasteiger partial charge in [-0.3, -0.25) is 9.59 Å². The van der Waals surface area contributed by atoms with Crippen LogP contribution in [0.15, 0.2) is 36.4 Å². The van der Waals surface area contributed by atoms with Crippen molar-refractivity contribution in [3.63, 3.8) is 0 Å². The Hall–Kier alpha value is -2.15. The summed E-state index contributed by atoms with van der Waals surface area (Å²) in [6, 6.07) is 9.74. The molecule has 0 spiro atoms. The highest BCUT2D eigenvalue weighted by molar-refractivity contribution is 6.44. The van der Waals surface area contributed by atoms with Gasteiger partial charge in [-0.2, -0.15) is 0 Å². The second-order valence-electron chi connectivity index (χ2n) is 5.23. The van der Waals surface area contributed by atoms with Crippen LogP contribution in [0.2, 0.25) is 15.1 Å². The lowest BCUT2D eigenvalue weighted by Gasteiger charge is -2.10. The van der Waals surface area contributed by atoms with Crippen LogP contribution in [0.1, 0.15) is 6.42 Å². The highest BCUT2D eigenvalue weighted by Gasteiger charge is 2.12. The van der Waals surface area contributed by atoms with E-state index in [2.05, 4.69) is 5.32 Å². The Balaban J connectivity index is 1.71. The number of rotatable bonds is 8. The average Bonchev–Trinajstić information content (AvgIpc) is 2.65. The Kier molecular flexibility index (Phi) is 8.03. The van der Waals surface area contributed by atoms with E-state index in [0.717, 1.165) is 0 Å². The van der Waals surface area contributed by atoms with E-state index in [9.17, 15) is 9.59 Å². The summed E-state index contributed by atoms with van der Waals surface area (Å²) in [6.07, 6.45) is -0.00710. The Morgan fingerprint density at radius 1 is 0.963 bits per heavy atom. The van der Waals surface area contributed by atoms with Crippen LogP contribution in [0.5, 0.6) is 11.5 Å². The maximum atomic E-state index is 11.9. The van der Waals surface area contributed by atoms with Gasteiger partial charge in [-0.15, -0.1) is 0 Å². The molecular formula is C18H16Cl3NO5. The third-order valence-electron chi connectivity index (χ3n) is 3.28. The van der Waals surface area contributed by atoms with E-state index >= 15 is 0 Å². The van der Waals surface area contributed by atoms with Gasteiger partial charge in [0.05, 0.1) is 40.9 Å². The van der Waals surface area contributed by atoms with E-state index in [-0.39, 0.29) is 33.8 Å². The number of ether oxygens (including phenoxy) is 3. The molecule has 144 valence electrons. The van der Waals surface area contributed by atoms with E-state index < -0.39 is 18.5 Å². The minimum absolute atomic E-state index is 0.00710. The molecule has 2 aromatic carbocycles. The van der Waals surface area contributed by atoms with Crippen molar-refractivity contribution in [1.82, 2.24) is 0 Å². The maximum Gasteiger partial charge on any atom is 0.309 e. The van der Waals surface area contributed by atoms with Gasteiger partial charge in [0.25, 0.3) is 5.91 Å². The first-order chi connectivity index (χ1) is 12.9. The molecule has 0 atom stereocenters. The van der Waals surface area contributed by atoms with Crippen molar-refractivity contribution in [2.45, 2.75) is 6.42 Å². The number of methoxy groups -OCH3 is 1. The molecular weight excluding hydrogens is 417 g/mol. The Morgan fingerprint density at radius 2 is 1.59 bits per heavy atom. The zero-order valence-corrected chi connectivity index (χ0v) is 16.5. The summed E-state index contributed by atoms with van der Waals surface area (Å²) in [5.74, 6) is 0.170. The molecule has 0 saturated carbocycles. The van der Waals surface area contributed by atoms with Crippen LogP contribution in [0.25, 0.3) is 0 Å². The molecule has 0 saturated heterocycles. The average molecular weight is 433 g/mol. The van der Waals surface area contributed by atoms with Crippen LogP contribution in [-0.2, 0) is 14.3 Å². The fourth-order valence-corrected chi connectivity index (χ4v) is 2.54. The first-order valence-electron chi connectivity index (χ1n) is 7.76. The predicted molar refractivity (Wildman–Crippen MR) is 104 cm³/mol. The minimum atomic E-state index is -0.570. The molecule has 6 nitrogen and oxygen atoms in total. The van der Waals surface area contributed by atoms with E-state index in [0.29, 0.717) is 11.5 Å². The quantitative estimate of drug-likeness (QED) is 0.487. The van der Waals surface area contributed by atoms with Gasteiger partial charge in [0.15, 0.2) is 6.61 Å². The molecule has 0 fully saturated rings. The summed E-state index contributed by atoms with van der Waals surface area (Å²) < 4.78 is 15.3. The number of anilines is 1. The molecule has 2 rings (SSSR count). The van der Waals surface area contributed by atoms with Gasteiger partial charge in [0.1, 0.15) is 11.5 Å². The van der Waals surface area contributed by atoms with Crippen molar-refractivity contribution in [2.75, 3.05) is 25.6 Å². The van der Waals surface area contributed by atoms with E-state index in [1.165, 1.54) is 12.1 Å². The van der Waals surface area contributed by atoms with Crippen LogP contribution in [0.3, 0.4) is 0 Å². The summed E-state index contributed by atoms with van der Waals surface area (Å²) in [4.78, 5) is 23.5. The highest BCUT2D eigenvalue weighted by atomic mass is 35.5. The van der Waals surface area contributed by atoms with Crippen LogP contribution >= 0.6 is 34.8 Å². The number of amides is 1. The van der Waals surface area contributed by atoms with Gasteiger partial charge in [-0.05, 0) is 36.4 Å². The van der Waals surface area contributed by atoms with Crippen LogP contribution in [-0.4, -0.2) is 32.2 Å². The van der Waals surface area contributed by atoms with Crippen LogP contribution < -0.4 is 14.8 Å². The number of carbonyl (C=O) groups is 2. The summed E-state index contributed by atoms with van der Waals surface area (Å²) >= 11 is 17.7. The SMILES string of the molecule is COc1ccc(OCCC(=O)OCC(=O)Nc2cc(Cl)c(Cl)cc2Cl)cc1. The topological polar surface area (TPSA) is 73.9 Å². The van der Waals surface area contributed by atoms with E-state index in [1.807, 2.05) is 0 Å². The number of hydrogen-bond donors (Lipinski definition) is 1. The highest BCUT2D eigenvalue weighted by Crippen LogP contribution is 2.32. The lowest BCUT2D eigenvalue weighted by atomic mass is 10.3. The third-order valence-corrected chi connectivity index (χ3v) is 4.32. The second-order valence-corrected chi connectivity index (χ2v) is 6.45. The first-order valence-corrected chi connectivity index (χ1v) is 8.89. The molecule has 0 aliphatic heterocycles. The first kappa shape index (κ1) is 21.2. The largest absolute Gasteiger partial charge is 0.497 e.